The third-order valence-electron chi connectivity index (χ3n) is 2.74. The highest BCUT2D eigenvalue weighted by atomic mass is 35.5. The number of nitrogens with zero attached hydrogens (tertiary/aromatic N) is 1. The van der Waals surface area contributed by atoms with Crippen LogP contribution in [0, 0.1) is 0 Å². The Balaban J connectivity index is 2.21. The molecular weight excluding hydrogens is 266 g/mol. The largest absolute Gasteiger partial charge is 0.281 e. The van der Waals surface area contributed by atoms with Crippen molar-refractivity contribution in [3.63, 3.8) is 0 Å². The molecule has 3 rings (SSSR count). The molecule has 0 aliphatic rings. The topological polar surface area (TPSA) is 30.0 Å². The van der Waals surface area contributed by atoms with Crippen molar-refractivity contribution in [2.75, 3.05) is 0 Å². The molecule has 0 saturated carbocycles. The Labute approximate surface area is 113 Å². The van der Waals surface area contributed by atoms with Crippen LogP contribution in [0.5, 0.6) is 0 Å². The fourth-order valence-electron chi connectivity index (χ4n) is 1.94. The van der Waals surface area contributed by atoms with E-state index in [1.165, 1.54) is 11.3 Å². The van der Waals surface area contributed by atoms with Gasteiger partial charge in [0.05, 0.1) is 5.69 Å². The fourth-order valence-corrected chi connectivity index (χ4v) is 2.76. The molecule has 18 heavy (non-hydrogen) atoms. The maximum Gasteiger partial charge on any atom is 0.281 e. The normalized spacial score (nSPS) is 10.7. The van der Waals surface area contributed by atoms with Gasteiger partial charge in [0.1, 0.15) is 0 Å². The van der Waals surface area contributed by atoms with Crippen molar-refractivity contribution in [2.45, 2.75) is 0 Å². The quantitative estimate of drug-likeness (QED) is 0.650. The Morgan fingerprint density at radius 3 is 2.67 bits per heavy atom. The van der Waals surface area contributed by atoms with Gasteiger partial charge in [0.15, 0.2) is 5.01 Å². The molecule has 0 aliphatic heterocycles. The molecule has 3 aromatic rings. The van der Waals surface area contributed by atoms with E-state index in [0.717, 1.165) is 22.0 Å². The summed E-state index contributed by atoms with van der Waals surface area (Å²) in [4.78, 5) is 15.3. The smallest absolute Gasteiger partial charge is 0.273 e. The van der Waals surface area contributed by atoms with Crippen LogP contribution in [0.1, 0.15) is 9.80 Å². The summed E-state index contributed by atoms with van der Waals surface area (Å²) >= 11 is 6.70. The lowest BCUT2D eigenvalue weighted by atomic mass is 10.0. The SMILES string of the molecule is O=C(Cl)c1nc(-c2cccc3ccccc23)cs1. The third kappa shape index (κ3) is 1.92. The minimum atomic E-state index is -0.508. The van der Waals surface area contributed by atoms with Crippen molar-refractivity contribution in [3.05, 3.63) is 52.9 Å². The van der Waals surface area contributed by atoms with Gasteiger partial charge in [-0.05, 0) is 22.4 Å². The summed E-state index contributed by atoms with van der Waals surface area (Å²) in [5.41, 5.74) is 1.81. The Bertz CT molecular complexity index is 730. The molecule has 0 N–H and O–H groups in total. The van der Waals surface area contributed by atoms with Gasteiger partial charge in [-0.3, -0.25) is 4.79 Å². The Morgan fingerprint density at radius 2 is 1.89 bits per heavy atom. The molecule has 0 saturated heterocycles. The van der Waals surface area contributed by atoms with E-state index in [9.17, 15) is 4.79 Å². The van der Waals surface area contributed by atoms with Crippen LogP contribution in [0.3, 0.4) is 0 Å². The molecule has 0 fully saturated rings. The number of carbonyl (C=O) groups is 1. The second kappa shape index (κ2) is 4.52. The van der Waals surface area contributed by atoms with Crippen molar-refractivity contribution in [1.82, 2.24) is 4.98 Å². The first-order valence-corrected chi connectivity index (χ1v) is 6.65. The van der Waals surface area contributed by atoms with Gasteiger partial charge in [0.2, 0.25) is 0 Å². The second-order valence-electron chi connectivity index (χ2n) is 3.84. The lowest BCUT2D eigenvalue weighted by Crippen LogP contribution is -1.87. The summed E-state index contributed by atoms with van der Waals surface area (Å²) < 4.78 is 0. The number of thiazole rings is 1. The number of hydrogen-bond acceptors (Lipinski definition) is 3. The minimum absolute atomic E-state index is 0.333. The van der Waals surface area contributed by atoms with Gasteiger partial charge in [0.25, 0.3) is 5.24 Å². The monoisotopic (exact) mass is 273 g/mol. The Hall–Kier alpha value is -1.71. The summed E-state index contributed by atoms with van der Waals surface area (Å²) in [6, 6.07) is 14.1. The first-order chi connectivity index (χ1) is 8.75. The van der Waals surface area contributed by atoms with Crippen LogP contribution in [0.25, 0.3) is 22.0 Å². The van der Waals surface area contributed by atoms with Crippen LogP contribution in [0.15, 0.2) is 47.8 Å². The molecule has 1 heterocycles. The van der Waals surface area contributed by atoms with Crippen molar-refractivity contribution in [3.8, 4) is 11.3 Å². The van der Waals surface area contributed by atoms with E-state index in [1.807, 2.05) is 35.7 Å². The highest BCUT2D eigenvalue weighted by Gasteiger charge is 2.11. The van der Waals surface area contributed by atoms with Crippen LogP contribution in [0.4, 0.5) is 0 Å². The average molecular weight is 274 g/mol. The standard InChI is InChI=1S/C14H8ClNOS/c15-13(17)14-16-12(8-18-14)11-7-3-5-9-4-1-2-6-10(9)11/h1-8H. The molecule has 0 atom stereocenters. The molecule has 0 aliphatic carbocycles. The number of aromatic nitrogens is 1. The van der Waals surface area contributed by atoms with Gasteiger partial charge < -0.3 is 0 Å². The minimum Gasteiger partial charge on any atom is -0.273 e. The lowest BCUT2D eigenvalue weighted by Gasteiger charge is -2.03. The second-order valence-corrected chi connectivity index (χ2v) is 5.04. The molecule has 0 unspecified atom stereocenters. The molecule has 0 radical (unpaired) electrons. The van der Waals surface area contributed by atoms with Crippen molar-refractivity contribution < 1.29 is 4.79 Å². The zero-order valence-electron chi connectivity index (χ0n) is 9.26. The van der Waals surface area contributed by atoms with Gasteiger partial charge in [0, 0.05) is 10.9 Å². The summed E-state index contributed by atoms with van der Waals surface area (Å²) in [5, 5.41) is 3.96. The van der Waals surface area contributed by atoms with Gasteiger partial charge >= 0.3 is 0 Å². The molecule has 0 bridgehead atoms. The fraction of sp³-hybridized carbons (Fsp3) is 0. The molecule has 88 valence electrons. The molecule has 0 spiro atoms. The van der Waals surface area contributed by atoms with Gasteiger partial charge in [-0.2, -0.15) is 0 Å². The number of benzene rings is 2. The maximum absolute atomic E-state index is 11.1. The molecule has 2 nitrogen and oxygen atoms in total. The first-order valence-electron chi connectivity index (χ1n) is 5.39. The van der Waals surface area contributed by atoms with Crippen molar-refractivity contribution >= 4 is 39.0 Å². The highest BCUT2D eigenvalue weighted by molar-refractivity contribution is 7.13. The summed E-state index contributed by atoms with van der Waals surface area (Å²) in [6.45, 7) is 0. The van der Waals surface area contributed by atoms with Crippen LogP contribution in [0.2, 0.25) is 0 Å². The van der Waals surface area contributed by atoms with Crippen LogP contribution in [-0.2, 0) is 0 Å². The van der Waals surface area contributed by atoms with Crippen molar-refractivity contribution in [1.29, 1.82) is 0 Å². The lowest BCUT2D eigenvalue weighted by molar-refractivity contribution is 0.108. The Kier molecular flexibility index (Phi) is 2.86. The number of hydrogen-bond donors (Lipinski definition) is 0. The number of halogens is 1. The highest BCUT2D eigenvalue weighted by Crippen LogP contribution is 2.29. The molecular formula is C14H8ClNOS. The van der Waals surface area contributed by atoms with E-state index in [2.05, 4.69) is 17.1 Å². The maximum atomic E-state index is 11.1. The van der Waals surface area contributed by atoms with Gasteiger partial charge in [-0.15, -0.1) is 11.3 Å². The summed E-state index contributed by atoms with van der Waals surface area (Å²) in [7, 11) is 0. The van der Waals surface area contributed by atoms with E-state index in [0.29, 0.717) is 5.01 Å². The van der Waals surface area contributed by atoms with E-state index in [1.54, 1.807) is 0 Å². The van der Waals surface area contributed by atoms with Gasteiger partial charge in [-0.1, -0.05) is 42.5 Å². The van der Waals surface area contributed by atoms with E-state index < -0.39 is 5.24 Å². The summed E-state index contributed by atoms with van der Waals surface area (Å²) in [5.74, 6) is 0. The molecule has 2 aromatic carbocycles. The van der Waals surface area contributed by atoms with Crippen LogP contribution >= 0.6 is 22.9 Å². The first kappa shape index (κ1) is 11.4. The zero-order valence-corrected chi connectivity index (χ0v) is 10.8. The van der Waals surface area contributed by atoms with E-state index >= 15 is 0 Å². The summed E-state index contributed by atoms with van der Waals surface area (Å²) in [6.07, 6.45) is 0. The Morgan fingerprint density at radius 1 is 1.11 bits per heavy atom. The number of carbonyl (C=O) groups excluding carboxylic acids is 1. The molecule has 1 aromatic heterocycles. The van der Waals surface area contributed by atoms with Crippen molar-refractivity contribution in [2.24, 2.45) is 0 Å². The number of fused-ring (bicyclic) bond motifs is 1. The predicted octanol–water partition coefficient (Wildman–Crippen LogP) is 4.34. The van der Waals surface area contributed by atoms with Crippen LogP contribution in [-0.4, -0.2) is 10.2 Å². The third-order valence-corrected chi connectivity index (χ3v) is 3.87. The molecule has 4 heteroatoms. The average Bonchev–Trinajstić information content (AvgIpc) is 2.87. The van der Waals surface area contributed by atoms with E-state index in [-0.39, 0.29) is 0 Å². The van der Waals surface area contributed by atoms with Gasteiger partial charge in [-0.25, -0.2) is 4.98 Å². The zero-order chi connectivity index (χ0) is 12.5. The molecule has 0 amide bonds. The number of rotatable bonds is 2. The predicted molar refractivity (Wildman–Crippen MR) is 75.2 cm³/mol. The van der Waals surface area contributed by atoms with E-state index in [4.69, 9.17) is 11.6 Å². The van der Waals surface area contributed by atoms with Crippen LogP contribution < -0.4 is 0 Å².